The van der Waals surface area contributed by atoms with E-state index in [1.54, 1.807) is 12.1 Å². The first-order valence-corrected chi connectivity index (χ1v) is 44.8. The second-order valence-electron chi connectivity index (χ2n) is 30.0. The average Bonchev–Trinajstić information content (AvgIpc) is 0.823. The molecule has 0 fully saturated rings. The van der Waals surface area contributed by atoms with Crippen LogP contribution in [-0.2, 0) is 45.9 Å². The van der Waals surface area contributed by atoms with E-state index in [1.165, 1.54) is 358 Å². The molecule has 97 heavy (non-hydrogen) atoms. The van der Waals surface area contributed by atoms with Crippen LogP contribution < -0.4 is 0 Å². The predicted molar refractivity (Wildman–Crippen MR) is 424 cm³/mol. The van der Waals surface area contributed by atoms with Gasteiger partial charge in [0.15, 0.2) is 0 Å². The van der Waals surface area contributed by atoms with E-state index in [4.69, 9.17) is 0 Å². The van der Waals surface area contributed by atoms with Crippen molar-refractivity contribution in [1.82, 2.24) is 0 Å². The first kappa shape index (κ1) is 91.9. The Bertz CT molecular complexity index is 2500. The molecule has 0 spiro atoms. The Hall–Kier alpha value is -1.21. The maximum atomic E-state index is 12.2. The van der Waals surface area contributed by atoms with Crippen molar-refractivity contribution < 1.29 is 25.9 Å². The molecule has 0 radical (unpaired) electrons. The van der Waals surface area contributed by atoms with Crippen molar-refractivity contribution in [2.45, 2.75) is 448 Å². The number of hydrogen-bond acceptors (Lipinski definition) is 6. The summed E-state index contributed by atoms with van der Waals surface area (Å²) in [6.45, 7) is 9.12. The molecule has 6 nitrogen and oxygen atoms in total. The van der Waals surface area contributed by atoms with E-state index in [-0.39, 0.29) is 58.7 Å². The summed E-state index contributed by atoms with van der Waals surface area (Å²) < 4.78 is 73.3. The molecule has 4 aromatic carbocycles. The zero-order valence-electron chi connectivity index (χ0n) is 64.0. The van der Waals surface area contributed by atoms with E-state index >= 15 is 0 Å². The molecule has 0 saturated carbocycles. The van der Waals surface area contributed by atoms with E-state index in [9.17, 15) is 25.9 Å². The Morgan fingerprint density at radius 3 is 0.577 bits per heavy atom. The van der Waals surface area contributed by atoms with Gasteiger partial charge in [0.25, 0.3) is 0 Å². The van der Waals surface area contributed by atoms with Gasteiger partial charge in [0.1, 0.15) is 20.2 Å². The minimum absolute atomic E-state index is 0. The second-order valence-corrected chi connectivity index (χ2v) is 32.7. The van der Waals surface area contributed by atoms with Gasteiger partial charge >= 0.3 is 48.9 Å². The molecule has 0 N–H and O–H groups in total. The molecule has 4 rings (SSSR count). The van der Waals surface area contributed by atoms with Gasteiger partial charge in [-0.3, -0.25) is 0 Å². The number of rotatable bonds is 66. The molecular weight excluding hydrogens is 1350 g/mol. The SMILES string of the molecule is CCCCCCCCCCCCCCCCCc1ccc2cc(CCCCCCCCCCCCCCCCC)c(S(=O)(=O)[O-])cc2c1.CCCCCCCCCCCCCCCCCc1ccc2cc(CCCCCCCCCCCCCCCCC)c(S(=O)(=O)[O-])cc2c1.[Ba+2]. The van der Waals surface area contributed by atoms with Crippen molar-refractivity contribution in [3.05, 3.63) is 82.9 Å². The van der Waals surface area contributed by atoms with Crippen LogP contribution in [0.3, 0.4) is 0 Å². The van der Waals surface area contributed by atoms with Crippen LogP contribution >= 0.6 is 0 Å². The first-order chi connectivity index (χ1) is 46.9. The molecule has 0 atom stereocenters. The van der Waals surface area contributed by atoms with Crippen LogP contribution in [-0.4, -0.2) is 74.8 Å². The van der Waals surface area contributed by atoms with E-state index in [0.717, 1.165) is 72.9 Å². The Labute approximate surface area is 642 Å². The van der Waals surface area contributed by atoms with Gasteiger partial charge in [-0.15, -0.1) is 0 Å². The van der Waals surface area contributed by atoms with Gasteiger partial charge in [0.2, 0.25) is 0 Å². The van der Waals surface area contributed by atoms with Crippen molar-refractivity contribution in [2.75, 3.05) is 0 Å². The second kappa shape index (κ2) is 63.3. The van der Waals surface area contributed by atoms with Crippen LogP contribution in [0.2, 0.25) is 0 Å². The molecular formula is C88H150BaO6S2. The standard InChI is InChI=1S/2C44H76O3S.Ba/c2*1-3-5-7-9-11-13-15-17-19-21-23-25-27-29-31-33-40-35-36-41-38-42(44(48(45,46)47)39-43(41)37-40)34-32-30-28-26-24-22-20-18-16-14-12-10-8-6-4-2;/h2*35-39H,3-34H2,1-2H3,(H,45,46,47);/q;;+2/p-2. The summed E-state index contributed by atoms with van der Waals surface area (Å²) in [4.78, 5) is -0.0195. The van der Waals surface area contributed by atoms with Crippen molar-refractivity contribution in [2.24, 2.45) is 0 Å². The van der Waals surface area contributed by atoms with Crippen LogP contribution in [0.15, 0.2) is 70.5 Å². The summed E-state index contributed by atoms with van der Waals surface area (Å²) in [7, 11) is -9.00. The topological polar surface area (TPSA) is 114 Å². The molecule has 0 heterocycles. The number of unbranched alkanes of at least 4 members (excludes halogenated alkanes) is 56. The third-order valence-electron chi connectivity index (χ3n) is 20.9. The molecule has 0 aliphatic rings. The quantitative estimate of drug-likeness (QED) is 0.0247. The van der Waals surface area contributed by atoms with Crippen LogP contribution in [0.4, 0.5) is 0 Å². The van der Waals surface area contributed by atoms with E-state index in [2.05, 4.69) is 64.1 Å². The van der Waals surface area contributed by atoms with Gasteiger partial charge in [-0.25, -0.2) is 16.8 Å². The Morgan fingerprint density at radius 2 is 0.392 bits per heavy atom. The molecule has 0 bridgehead atoms. The van der Waals surface area contributed by atoms with Gasteiger partial charge in [-0.1, -0.05) is 424 Å². The molecule has 4 aromatic rings. The van der Waals surface area contributed by atoms with Crippen molar-refractivity contribution in [3.8, 4) is 0 Å². The van der Waals surface area contributed by atoms with Crippen LogP contribution in [0.25, 0.3) is 21.5 Å². The molecule has 0 aliphatic heterocycles. The summed E-state index contributed by atoms with van der Waals surface area (Å²) in [6, 6.07) is 20.0. The average molecular weight is 1510 g/mol. The molecule has 0 unspecified atom stereocenters. The Morgan fingerprint density at radius 1 is 0.216 bits per heavy atom. The third kappa shape index (κ3) is 49.2. The minimum atomic E-state index is -4.50. The minimum Gasteiger partial charge on any atom is -0.744 e. The van der Waals surface area contributed by atoms with Gasteiger partial charge in [0, 0.05) is 0 Å². The third-order valence-corrected chi connectivity index (χ3v) is 22.8. The number of hydrogen-bond donors (Lipinski definition) is 0. The number of benzene rings is 4. The molecule has 9 heteroatoms. The van der Waals surface area contributed by atoms with E-state index < -0.39 is 20.2 Å². The van der Waals surface area contributed by atoms with Gasteiger partial charge in [-0.2, -0.15) is 0 Å². The molecule has 0 aromatic heterocycles. The van der Waals surface area contributed by atoms with Gasteiger partial charge in [-0.05, 0) is 119 Å². The van der Waals surface area contributed by atoms with Crippen LogP contribution in [0, 0.1) is 0 Å². The van der Waals surface area contributed by atoms with Crippen LogP contribution in [0.5, 0.6) is 0 Å². The molecule has 0 aliphatic carbocycles. The summed E-state index contributed by atoms with van der Waals surface area (Å²) in [5.41, 5.74) is 3.87. The van der Waals surface area contributed by atoms with Crippen molar-refractivity contribution in [3.63, 3.8) is 0 Å². The van der Waals surface area contributed by atoms with Crippen molar-refractivity contribution >= 4 is 90.7 Å². The fraction of sp³-hybridized carbons (Fsp3) is 0.773. The summed E-state index contributed by atoms with van der Waals surface area (Å²) >= 11 is 0. The maximum Gasteiger partial charge on any atom is 2.00 e. The summed E-state index contributed by atoms with van der Waals surface area (Å²) in [6.07, 6.45) is 83.4. The van der Waals surface area contributed by atoms with Crippen LogP contribution in [0.1, 0.15) is 435 Å². The Kier molecular flexibility index (Phi) is 59.9. The number of aryl methyl sites for hydroxylation is 4. The Balaban J connectivity index is 0.000000653. The zero-order valence-corrected chi connectivity index (χ0v) is 70.1. The summed E-state index contributed by atoms with van der Waals surface area (Å²) in [5, 5.41) is 3.84. The largest absolute Gasteiger partial charge is 2.00 e. The fourth-order valence-corrected chi connectivity index (χ4v) is 16.2. The maximum absolute atomic E-state index is 12.2. The smallest absolute Gasteiger partial charge is 0.744 e. The zero-order chi connectivity index (χ0) is 69.1. The molecule has 0 saturated heterocycles. The molecule has 0 amide bonds. The molecule has 552 valence electrons. The van der Waals surface area contributed by atoms with Gasteiger partial charge < -0.3 is 9.11 Å². The number of fused-ring (bicyclic) bond motifs is 2. The fourth-order valence-electron chi connectivity index (χ4n) is 14.7. The van der Waals surface area contributed by atoms with E-state index in [1.807, 2.05) is 12.1 Å². The first-order valence-electron chi connectivity index (χ1n) is 41.9. The normalized spacial score (nSPS) is 11.9. The van der Waals surface area contributed by atoms with Gasteiger partial charge in [0.05, 0.1) is 9.79 Å². The van der Waals surface area contributed by atoms with Crippen molar-refractivity contribution in [1.29, 1.82) is 0 Å². The predicted octanol–water partition coefficient (Wildman–Crippen LogP) is 28.8. The summed E-state index contributed by atoms with van der Waals surface area (Å²) in [5.74, 6) is 0. The van der Waals surface area contributed by atoms with E-state index in [0.29, 0.717) is 24.0 Å². The monoisotopic (exact) mass is 1500 g/mol.